The number of fused-ring (bicyclic) bond motifs is 1. The largest absolute Gasteiger partial charge is 0.497 e. The lowest BCUT2D eigenvalue weighted by Crippen LogP contribution is -2.24. The summed E-state index contributed by atoms with van der Waals surface area (Å²) in [5.74, 6) is 0.309. The van der Waals surface area contributed by atoms with Gasteiger partial charge in [-0.25, -0.2) is 4.68 Å². The first kappa shape index (κ1) is 18.4. The number of benzene rings is 1. The number of carbonyl (C=O) groups is 1. The first-order valence-electron chi connectivity index (χ1n) is 8.45. The predicted molar refractivity (Wildman–Crippen MR) is 101 cm³/mol. The Morgan fingerprint density at radius 1 is 1.26 bits per heavy atom. The van der Waals surface area contributed by atoms with Crippen LogP contribution in [0.4, 0.5) is 0 Å². The first-order chi connectivity index (χ1) is 13.1. The van der Waals surface area contributed by atoms with E-state index in [4.69, 9.17) is 9.47 Å². The number of hydrogen-bond acceptors (Lipinski definition) is 6. The van der Waals surface area contributed by atoms with Gasteiger partial charge >= 0.3 is 5.97 Å². The van der Waals surface area contributed by atoms with E-state index < -0.39 is 5.97 Å². The van der Waals surface area contributed by atoms with Crippen LogP contribution in [0.5, 0.6) is 5.75 Å². The van der Waals surface area contributed by atoms with E-state index in [0.29, 0.717) is 23.1 Å². The first-order valence-corrected chi connectivity index (χ1v) is 8.45. The van der Waals surface area contributed by atoms with E-state index in [1.807, 2.05) is 24.3 Å². The van der Waals surface area contributed by atoms with Crippen LogP contribution in [0.15, 0.2) is 41.8 Å². The summed E-state index contributed by atoms with van der Waals surface area (Å²) in [6, 6.07) is 7.39. The normalized spacial score (nSPS) is 10.7. The van der Waals surface area contributed by atoms with E-state index in [-0.39, 0.29) is 18.7 Å². The molecule has 2 heterocycles. The van der Waals surface area contributed by atoms with Crippen LogP contribution in [-0.4, -0.2) is 39.2 Å². The molecule has 0 aliphatic rings. The van der Waals surface area contributed by atoms with E-state index >= 15 is 0 Å². The minimum absolute atomic E-state index is 0.0954. The van der Waals surface area contributed by atoms with E-state index in [9.17, 15) is 9.59 Å². The molecule has 0 bridgehead atoms. The molecule has 0 saturated carbocycles. The second-order valence-corrected chi connectivity index (χ2v) is 5.77. The molecule has 3 rings (SSSR count). The molecular weight excluding hydrogens is 348 g/mol. The molecule has 0 fully saturated rings. The number of carbonyl (C=O) groups excluding carboxylic acids is 1. The van der Waals surface area contributed by atoms with Crippen molar-refractivity contribution in [1.29, 1.82) is 0 Å². The van der Waals surface area contributed by atoms with Crippen LogP contribution in [0.1, 0.15) is 18.2 Å². The van der Waals surface area contributed by atoms with Gasteiger partial charge in [-0.15, -0.1) is 0 Å². The Kier molecular flexibility index (Phi) is 5.35. The molecule has 1 aromatic carbocycles. The van der Waals surface area contributed by atoms with Crippen molar-refractivity contribution in [3.8, 4) is 5.75 Å². The van der Waals surface area contributed by atoms with E-state index in [1.165, 1.54) is 21.6 Å². The topological polar surface area (TPSA) is 88.2 Å². The lowest BCUT2D eigenvalue weighted by atomic mass is 10.2. The minimum atomic E-state index is -0.431. The third kappa shape index (κ3) is 3.74. The minimum Gasteiger partial charge on any atom is -0.497 e. The smallest absolute Gasteiger partial charge is 0.327 e. The fourth-order valence-electron chi connectivity index (χ4n) is 2.76. The van der Waals surface area contributed by atoms with Gasteiger partial charge in [0.25, 0.3) is 5.56 Å². The summed E-state index contributed by atoms with van der Waals surface area (Å²) in [6.07, 6.45) is 3.02. The predicted octanol–water partition coefficient (Wildman–Crippen LogP) is 1.86. The summed E-state index contributed by atoms with van der Waals surface area (Å²) in [7, 11) is 1.60. The molecule has 0 aliphatic carbocycles. The third-order valence-corrected chi connectivity index (χ3v) is 4.06. The van der Waals surface area contributed by atoms with Crippen LogP contribution in [-0.2, 0) is 22.6 Å². The molecule has 3 aromatic rings. The molecule has 140 valence electrons. The Bertz CT molecular complexity index is 1030. The van der Waals surface area contributed by atoms with Crippen molar-refractivity contribution in [2.75, 3.05) is 13.7 Å². The van der Waals surface area contributed by atoms with Gasteiger partial charge in [-0.05, 0) is 30.7 Å². The Labute approximate surface area is 155 Å². The maximum Gasteiger partial charge on any atom is 0.327 e. The van der Waals surface area contributed by atoms with Crippen LogP contribution >= 0.6 is 0 Å². The van der Waals surface area contributed by atoms with Gasteiger partial charge in [0.05, 0.1) is 43.1 Å². The van der Waals surface area contributed by atoms with Gasteiger partial charge in [0.1, 0.15) is 12.3 Å². The van der Waals surface area contributed by atoms with Crippen LogP contribution < -0.4 is 10.3 Å². The van der Waals surface area contributed by atoms with Gasteiger partial charge in [-0.3, -0.25) is 14.3 Å². The summed E-state index contributed by atoms with van der Waals surface area (Å²) >= 11 is 0. The Morgan fingerprint density at radius 2 is 2.00 bits per heavy atom. The number of esters is 1. The van der Waals surface area contributed by atoms with Crippen molar-refractivity contribution < 1.29 is 14.3 Å². The highest BCUT2D eigenvalue weighted by molar-refractivity contribution is 5.86. The van der Waals surface area contributed by atoms with Gasteiger partial charge in [0.15, 0.2) is 0 Å². The molecule has 0 amide bonds. The van der Waals surface area contributed by atoms with E-state index in [0.717, 1.165) is 11.3 Å². The fraction of sp³-hybridized carbons (Fsp3) is 0.263. The highest BCUT2D eigenvalue weighted by Crippen LogP contribution is 2.16. The Morgan fingerprint density at radius 3 is 2.63 bits per heavy atom. The number of aromatic nitrogens is 4. The Balaban J connectivity index is 1.99. The molecule has 0 radical (unpaired) electrons. The maximum absolute atomic E-state index is 12.9. The summed E-state index contributed by atoms with van der Waals surface area (Å²) in [5.41, 5.74) is 1.48. The van der Waals surface area contributed by atoms with Gasteiger partial charge in [-0.1, -0.05) is 18.7 Å². The molecule has 0 aliphatic heterocycles. The summed E-state index contributed by atoms with van der Waals surface area (Å²) in [5, 5.41) is 8.89. The highest BCUT2D eigenvalue weighted by Gasteiger charge is 2.17. The molecule has 2 aromatic heterocycles. The number of hydrogen-bond donors (Lipinski definition) is 0. The number of methoxy groups -OCH3 is 1. The molecule has 0 unspecified atom stereocenters. The zero-order valence-electron chi connectivity index (χ0n) is 15.2. The quantitative estimate of drug-likeness (QED) is 0.592. The number of nitrogens with zero attached hydrogens (tertiary/aromatic N) is 4. The average Bonchev–Trinajstić information content (AvgIpc) is 3.03. The van der Waals surface area contributed by atoms with Crippen molar-refractivity contribution in [3.63, 3.8) is 0 Å². The van der Waals surface area contributed by atoms with Gasteiger partial charge in [0.2, 0.25) is 0 Å². The lowest BCUT2D eigenvalue weighted by molar-refractivity contribution is -0.143. The molecule has 8 heteroatoms. The lowest BCUT2D eigenvalue weighted by Gasteiger charge is -2.07. The van der Waals surface area contributed by atoms with E-state index in [1.54, 1.807) is 14.0 Å². The zero-order valence-corrected chi connectivity index (χ0v) is 15.2. The number of ether oxygens (including phenoxy) is 2. The monoisotopic (exact) mass is 368 g/mol. The molecule has 0 spiro atoms. The summed E-state index contributed by atoms with van der Waals surface area (Å²) in [4.78, 5) is 24.7. The van der Waals surface area contributed by atoms with E-state index in [2.05, 4.69) is 16.8 Å². The molecule has 27 heavy (non-hydrogen) atoms. The van der Waals surface area contributed by atoms with Gasteiger partial charge in [-0.2, -0.15) is 10.2 Å². The molecule has 0 saturated heterocycles. The van der Waals surface area contributed by atoms with Crippen molar-refractivity contribution in [1.82, 2.24) is 19.6 Å². The zero-order chi connectivity index (χ0) is 19.4. The van der Waals surface area contributed by atoms with Gasteiger partial charge < -0.3 is 9.47 Å². The fourth-order valence-corrected chi connectivity index (χ4v) is 2.76. The van der Waals surface area contributed by atoms with Crippen molar-refractivity contribution >= 4 is 22.9 Å². The van der Waals surface area contributed by atoms with Crippen LogP contribution in [0.3, 0.4) is 0 Å². The van der Waals surface area contributed by atoms with Crippen molar-refractivity contribution in [3.05, 3.63) is 58.7 Å². The number of rotatable bonds is 7. The SMILES string of the molecule is C=Cc1nn(CC(=O)OCC)c2cnn(Cc3ccc(OC)cc3)c(=O)c12. The standard InChI is InChI=1S/C19H20N4O4/c1-4-15-18-16(22(21-15)12-17(24)27-5-2)10-20-23(19(18)25)11-13-6-8-14(26-3)9-7-13/h4,6-10H,1,5,11-12H2,2-3H3. The van der Waals surface area contributed by atoms with Crippen LogP contribution in [0, 0.1) is 0 Å². The van der Waals surface area contributed by atoms with Crippen molar-refractivity contribution in [2.24, 2.45) is 0 Å². The molecule has 0 N–H and O–H groups in total. The third-order valence-electron chi connectivity index (χ3n) is 4.06. The Hall–Kier alpha value is -3.42. The summed E-state index contributed by atoms with van der Waals surface area (Å²) < 4.78 is 12.9. The second kappa shape index (κ2) is 7.86. The highest BCUT2D eigenvalue weighted by atomic mass is 16.5. The summed E-state index contributed by atoms with van der Waals surface area (Å²) in [6.45, 7) is 5.92. The molecule has 8 nitrogen and oxygen atoms in total. The maximum atomic E-state index is 12.9. The van der Waals surface area contributed by atoms with Crippen molar-refractivity contribution in [2.45, 2.75) is 20.0 Å². The van der Waals surface area contributed by atoms with Gasteiger partial charge in [0, 0.05) is 0 Å². The van der Waals surface area contributed by atoms with Crippen LogP contribution in [0.2, 0.25) is 0 Å². The molecular formula is C19H20N4O4. The second-order valence-electron chi connectivity index (χ2n) is 5.77. The molecule has 0 atom stereocenters. The average molecular weight is 368 g/mol. The van der Waals surface area contributed by atoms with Crippen LogP contribution in [0.25, 0.3) is 17.0 Å².